The highest BCUT2D eigenvalue weighted by molar-refractivity contribution is 14.1. The van der Waals surface area contributed by atoms with Gasteiger partial charge in [0.05, 0.1) is 13.1 Å². The Morgan fingerprint density at radius 1 is 1.28 bits per heavy atom. The molecular formula is C19H15FINO2S. The molecular weight excluding hydrogens is 452 g/mol. The van der Waals surface area contributed by atoms with Crippen molar-refractivity contribution < 1.29 is 13.9 Å². The predicted molar refractivity (Wildman–Crippen MR) is 105 cm³/mol. The normalized spacial score (nSPS) is 14.0. The number of carbonyl (C=O) groups excluding carboxylic acids is 1. The summed E-state index contributed by atoms with van der Waals surface area (Å²) in [6.45, 7) is 0. The molecule has 1 fully saturated rings. The van der Waals surface area contributed by atoms with Crippen molar-refractivity contribution in [2.45, 2.75) is 25.7 Å². The number of fused-ring (bicyclic) bond motifs is 1. The fourth-order valence-electron chi connectivity index (χ4n) is 2.77. The molecule has 0 aliphatic heterocycles. The van der Waals surface area contributed by atoms with Gasteiger partial charge in [-0.3, -0.25) is 9.78 Å². The van der Waals surface area contributed by atoms with Crippen LogP contribution in [0.3, 0.4) is 0 Å². The number of carbonyl (C=O) groups is 1. The smallest absolute Gasteiger partial charge is 0.166 e. The highest BCUT2D eigenvalue weighted by atomic mass is 127. The molecule has 3 aromatic rings. The number of nitrogens with zero attached hydrogens (tertiary/aromatic N) is 1. The van der Waals surface area contributed by atoms with Crippen LogP contribution in [-0.4, -0.2) is 10.8 Å². The Kier molecular flexibility index (Phi) is 4.73. The molecule has 1 saturated carbocycles. The predicted octanol–water partition coefficient (Wildman–Crippen LogP) is 5.74. The zero-order valence-electron chi connectivity index (χ0n) is 13.3. The number of aromatic nitrogens is 1. The number of hydrogen-bond donors (Lipinski definition) is 0. The summed E-state index contributed by atoms with van der Waals surface area (Å²) in [5, 5.41) is 0. The maximum absolute atomic E-state index is 14.4. The summed E-state index contributed by atoms with van der Waals surface area (Å²) in [7, 11) is 0. The fraction of sp³-hybridized carbons (Fsp3) is 0.263. The van der Waals surface area contributed by atoms with Crippen LogP contribution in [0.1, 0.15) is 24.8 Å². The molecule has 0 saturated heterocycles. The van der Waals surface area contributed by atoms with Crippen LogP contribution in [0.4, 0.5) is 4.39 Å². The summed E-state index contributed by atoms with van der Waals surface area (Å²) in [6.07, 6.45) is 4.86. The van der Waals surface area contributed by atoms with E-state index >= 15 is 0 Å². The van der Waals surface area contributed by atoms with Gasteiger partial charge in [-0.2, -0.15) is 0 Å². The van der Waals surface area contributed by atoms with Crippen LogP contribution in [0.25, 0.3) is 10.2 Å². The number of hydrogen-bond acceptors (Lipinski definition) is 4. The average Bonchev–Trinajstić information content (AvgIpc) is 3.28. The maximum atomic E-state index is 14.4. The summed E-state index contributed by atoms with van der Waals surface area (Å²) < 4.78 is 22.2. The monoisotopic (exact) mass is 467 g/mol. The van der Waals surface area contributed by atoms with Crippen LogP contribution >= 0.6 is 33.9 Å². The molecule has 0 atom stereocenters. The van der Waals surface area contributed by atoms with Crippen molar-refractivity contribution in [3.63, 3.8) is 0 Å². The van der Waals surface area contributed by atoms with E-state index in [2.05, 4.69) is 27.6 Å². The van der Waals surface area contributed by atoms with Crippen LogP contribution in [0.2, 0.25) is 0 Å². The summed E-state index contributed by atoms with van der Waals surface area (Å²) in [6, 6.07) is 8.47. The number of ether oxygens (including phenoxy) is 1. The first-order valence-electron chi connectivity index (χ1n) is 8.10. The number of ketones is 1. The van der Waals surface area contributed by atoms with Crippen molar-refractivity contribution in [3.8, 4) is 11.5 Å². The zero-order chi connectivity index (χ0) is 17.4. The van der Waals surface area contributed by atoms with Crippen LogP contribution < -0.4 is 4.74 Å². The summed E-state index contributed by atoms with van der Waals surface area (Å²) in [5.41, 5.74) is 1.54. The van der Waals surface area contributed by atoms with Gasteiger partial charge in [0.15, 0.2) is 11.6 Å². The Labute approximate surface area is 162 Å². The topological polar surface area (TPSA) is 39.2 Å². The lowest BCUT2D eigenvalue weighted by Crippen LogP contribution is -2.04. The van der Waals surface area contributed by atoms with Crippen molar-refractivity contribution in [1.82, 2.24) is 4.98 Å². The van der Waals surface area contributed by atoms with Gasteiger partial charge < -0.3 is 4.74 Å². The first kappa shape index (κ1) is 16.9. The first-order chi connectivity index (χ1) is 12.1. The lowest BCUT2D eigenvalue weighted by Gasteiger charge is -2.09. The summed E-state index contributed by atoms with van der Waals surface area (Å²) >= 11 is 3.79. The lowest BCUT2D eigenvalue weighted by molar-refractivity contribution is -0.118. The van der Waals surface area contributed by atoms with E-state index in [1.54, 1.807) is 35.7 Å². The van der Waals surface area contributed by atoms with E-state index in [-0.39, 0.29) is 18.0 Å². The van der Waals surface area contributed by atoms with Gasteiger partial charge in [-0.05, 0) is 65.1 Å². The second-order valence-corrected chi connectivity index (χ2v) is 9.25. The molecule has 128 valence electrons. The van der Waals surface area contributed by atoms with E-state index in [1.165, 1.54) is 6.07 Å². The minimum atomic E-state index is -0.451. The quantitative estimate of drug-likeness (QED) is 0.434. The third-order valence-corrected chi connectivity index (χ3v) is 6.08. The molecule has 0 bridgehead atoms. The van der Waals surface area contributed by atoms with Crippen LogP contribution in [-0.2, 0) is 11.2 Å². The third-order valence-electron chi connectivity index (χ3n) is 4.18. The minimum absolute atomic E-state index is 0.161. The molecule has 0 radical (unpaired) electrons. The Bertz CT molecular complexity index is 952. The van der Waals surface area contributed by atoms with Crippen molar-refractivity contribution >= 4 is 49.9 Å². The van der Waals surface area contributed by atoms with Gasteiger partial charge >= 0.3 is 0 Å². The molecule has 0 spiro atoms. The first-order valence-corrected chi connectivity index (χ1v) is 10.00. The number of benzene rings is 1. The Hall–Kier alpha value is -1.54. The van der Waals surface area contributed by atoms with Crippen molar-refractivity contribution in [2.24, 2.45) is 5.92 Å². The fourth-order valence-corrected chi connectivity index (χ4v) is 4.51. The number of Topliss-reactive ketones (excluding diaryl/α,β-unsaturated/α-hetero) is 1. The number of pyridine rings is 1. The molecule has 2 heterocycles. The second-order valence-electron chi connectivity index (χ2n) is 6.30. The average molecular weight is 467 g/mol. The van der Waals surface area contributed by atoms with E-state index < -0.39 is 5.82 Å². The van der Waals surface area contributed by atoms with Gasteiger partial charge in [0.1, 0.15) is 11.5 Å². The zero-order valence-corrected chi connectivity index (χ0v) is 16.3. The van der Waals surface area contributed by atoms with E-state index in [0.29, 0.717) is 23.7 Å². The van der Waals surface area contributed by atoms with E-state index in [4.69, 9.17) is 4.74 Å². The molecule has 3 nitrogen and oxygen atoms in total. The SMILES string of the molecule is O=C(Cc1ccc(Oc2ccnc3cc(I)sc23)c(F)c1)CC1CC1. The molecule has 0 amide bonds. The van der Waals surface area contributed by atoms with Gasteiger partial charge in [0, 0.05) is 25.1 Å². The standard InChI is InChI=1S/C19H15FINO2S/c20-14-9-12(8-13(23)7-11-1-2-11)3-4-16(14)24-17-5-6-22-15-10-18(21)25-19(15)17/h3-6,9-11H,1-2,7-8H2. The minimum Gasteiger partial charge on any atom is -0.453 e. The van der Waals surface area contributed by atoms with Crippen molar-refractivity contribution in [1.29, 1.82) is 0 Å². The van der Waals surface area contributed by atoms with Crippen LogP contribution in [0.15, 0.2) is 36.5 Å². The maximum Gasteiger partial charge on any atom is 0.166 e. The molecule has 1 aliphatic rings. The van der Waals surface area contributed by atoms with Gasteiger partial charge in [0.25, 0.3) is 0 Å². The van der Waals surface area contributed by atoms with E-state index in [0.717, 1.165) is 25.9 Å². The number of halogens is 2. The Morgan fingerprint density at radius 3 is 2.88 bits per heavy atom. The summed E-state index contributed by atoms with van der Waals surface area (Å²) in [5.74, 6) is 1.04. The molecule has 0 unspecified atom stereocenters. The molecule has 25 heavy (non-hydrogen) atoms. The largest absolute Gasteiger partial charge is 0.453 e. The van der Waals surface area contributed by atoms with Gasteiger partial charge in [-0.25, -0.2) is 4.39 Å². The van der Waals surface area contributed by atoms with Gasteiger partial charge in [-0.15, -0.1) is 11.3 Å². The molecule has 0 N–H and O–H groups in total. The van der Waals surface area contributed by atoms with Crippen LogP contribution in [0, 0.1) is 14.6 Å². The highest BCUT2D eigenvalue weighted by Crippen LogP contribution is 2.36. The number of thiophene rings is 1. The van der Waals surface area contributed by atoms with Gasteiger partial charge in [0.2, 0.25) is 0 Å². The second kappa shape index (κ2) is 6.99. The molecule has 1 aliphatic carbocycles. The lowest BCUT2D eigenvalue weighted by atomic mass is 10.0. The molecule has 1 aromatic carbocycles. The summed E-state index contributed by atoms with van der Waals surface area (Å²) in [4.78, 5) is 16.2. The highest BCUT2D eigenvalue weighted by Gasteiger charge is 2.24. The molecule has 6 heteroatoms. The van der Waals surface area contributed by atoms with Crippen molar-refractivity contribution in [3.05, 3.63) is 50.8 Å². The van der Waals surface area contributed by atoms with E-state index in [1.807, 2.05) is 6.07 Å². The molecule has 2 aromatic heterocycles. The van der Waals surface area contributed by atoms with Crippen LogP contribution in [0.5, 0.6) is 11.5 Å². The Balaban J connectivity index is 1.53. The van der Waals surface area contributed by atoms with E-state index in [9.17, 15) is 9.18 Å². The molecule has 4 rings (SSSR count). The van der Waals surface area contributed by atoms with Gasteiger partial charge in [-0.1, -0.05) is 6.07 Å². The number of rotatable bonds is 6. The Morgan fingerprint density at radius 2 is 2.12 bits per heavy atom. The third kappa shape index (κ3) is 4.00. The van der Waals surface area contributed by atoms with Crippen molar-refractivity contribution in [2.75, 3.05) is 0 Å².